The highest BCUT2D eigenvalue weighted by Gasteiger charge is 2.33. The smallest absolute Gasteiger partial charge is 0.325 e. The summed E-state index contributed by atoms with van der Waals surface area (Å²) in [5.74, 6) is 0.364. The lowest BCUT2D eigenvalue weighted by Crippen LogP contribution is -2.53. The van der Waals surface area contributed by atoms with E-state index in [2.05, 4.69) is 5.32 Å². The van der Waals surface area contributed by atoms with Crippen LogP contribution < -0.4 is 5.32 Å². The number of carbonyl (C=O) groups is 1. The maximum atomic E-state index is 13.1. The Hall–Kier alpha value is -1.07. The predicted octanol–water partition coefficient (Wildman–Crippen LogP) is 3.63. The number of methoxy groups -OCH3 is 1. The fourth-order valence-corrected chi connectivity index (χ4v) is 3.16. The average molecular weight is 313 g/mol. The Balaban J connectivity index is 2.48. The zero-order valence-corrected chi connectivity index (χ0v) is 13.9. The van der Waals surface area contributed by atoms with Crippen LogP contribution in [0, 0.1) is 5.82 Å². The van der Waals surface area contributed by atoms with Crippen molar-refractivity contribution >= 4 is 17.7 Å². The van der Waals surface area contributed by atoms with Gasteiger partial charge in [0, 0.05) is 10.9 Å². The maximum Gasteiger partial charge on any atom is 0.325 e. The number of hydrogen-bond donors (Lipinski definition) is 1. The first kappa shape index (κ1) is 18.0. The molecule has 0 saturated carbocycles. The molecular formula is C16H24FNO2S. The lowest BCUT2D eigenvalue weighted by atomic mass is 9.95. The van der Waals surface area contributed by atoms with Gasteiger partial charge in [0.25, 0.3) is 0 Å². The lowest BCUT2D eigenvalue weighted by molar-refractivity contribution is -0.148. The van der Waals surface area contributed by atoms with Crippen molar-refractivity contribution in [1.29, 1.82) is 0 Å². The molecule has 0 fully saturated rings. The molecule has 0 amide bonds. The van der Waals surface area contributed by atoms with E-state index in [0.717, 1.165) is 17.1 Å². The largest absolute Gasteiger partial charge is 0.468 e. The lowest BCUT2D eigenvalue weighted by Gasteiger charge is -2.30. The van der Waals surface area contributed by atoms with Crippen LogP contribution >= 0.6 is 11.8 Å². The van der Waals surface area contributed by atoms with E-state index in [1.54, 1.807) is 17.8 Å². The molecule has 5 heteroatoms. The molecule has 1 N–H and O–H groups in total. The monoisotopic (exact) mass is 313 g/mol. The third-order valence-corrected chi connectivity index (χ3v) is 4.21. The van der Waals surface area contributed by atoms with E-state index < -0.39 is 5.54 Å². The summed E-state index contributed by atoms with van der Waals surface area (Å²) in [6, 6.07) is 6.75. The highest BCUT2D eigenvalue weighted by molar-refractivity contribution is 7.99. The first-order chi connectivity index (χ1) is 9.87. The van der Waals surface area contributed by atoms with Crippen LogP contribution in [0.3, 0.4) is 0 Å². The van der Waals surface area contributed by atoms with Crippen molar-refractivity contribution in [2.24, 2.45) is 0 Å². The van der Waals surface area contributed by atoms with Crippen molar-refractivity contribution in [2.75, 3.05) is 12.9 Å². The molecule has 3 nitrogen and oxygen atoms in total. The average Bonchev–Trinajstić information content (AvgIpc) is 2.42. The number of nitrogens with one attached hydrogen (secondary N) is 1. The molecule has 1 aromatic rings. The number of benzene rings is 1. The molecule has 0 radical (unpaired) electrons. The standard InChI is InChI=1S/C16H24FNO2S/c1-12(2)18-16(3,15(19)20-4)9-6-10-21-14-8-5-7-13(17)11-14/h5,7-8,11-12,18H,6,9-10H2,1-4H3. The summed E-state index contributed by atoms with van der Waals surface area (Å²) in [7, 11) is 1.41. The molecule has 0 aromatic heterocycles. The fourth-order valence-electron chi connectivity index (χ4n) is 2.27. The molecule has 1 unspecified atom stereocenters. The fraction of sp³-hybridized carbons (Fsp3) is 0.562. The van der Waals surface area contributed by atoms with Crippen molar-refractivity contribution in [2.45, 2.75) is 50.1 Å². The van der Waals surface area contributed by atoms with Crippen LogP contribution in [0.15, 0.2) is 29.2 Å². The Bertz CT molecular complexity index is 467. The van der Waals surface area contributed by atoms with Gasteiger partial charge >= 0.3 is 5.97 Å². The van der Waals surface area contributed by atoms with Crippen molar-refractivity contribution < 1.29 is 13.9 Å². The normalized spacial score (nSPS) is 14.0. The highest BCUT2D eigenvalue weighted by Crippen LogP contribution is 2.23. The van der Waals surface area contributed by atoms with Crippen LogP contribution in [-0.2, 0) is 9.53 Å². The third kappa shape index (κ3) is 6.06. The minimum Gasteiger partial charge on any atom is -0.468 e. The molecule has 0 saturated heterocycles. The molecule has 1 atom stereocenters. The van der Waals surface area contributed by atoms with Crippen LogP contribution in [0.25, 0.3) is 0 Å². The van der Waals surface area contributed by atoms with Gasteiger partial charge in [-0.25, -0.2) is 4.39 Å². The Kier molecular flexibility index (Phi) is 7.18. The summed E-state index contributed by atoms with van der Waals surface area (Å²) >= 11 is 1.59. The molecule has 1 aromatic carbocycles. The molecule has 0 aliphatic heterocycles. The Labute approximate surface area is 130 Å². The first-order valence-corrected chi connectivity index (χ1v) is 8.10. The van der Waals surface area contributed by atoms with Gasteiger partial charge in [-0.2, -0.15) is 0 Å². The predicted molar refractivity (Wildman–Crippen MR) is 85.1 cm³/mol. The van der Waals surface area contributed by atoms with Gasteiger partial charge in [0.15, 0.2) is 0 Å². The minimum atomic E-state index is -0.675. The molecule has 0 heterocycles. The van der Waals surface area contributed by atoms with E-state index in [4.69, 9.17) is 4.74 Å². The SMILES string of the molecule is COC(=O)C(C)(CCCSc1cccc(F)c1)NC(C)C. The second-order valence-corrected chi connectivity index (χ2v) is 6.70. The molecule has 1 rings (SSSR count). The molecule has 0 bridgehead atoms. The van der Waals surface area contributed by atoms with Gasteiger partial charge in [0.05, 0.1) is 7.11 Å². The molecule has 21 heavy (non-hydrogen) atoms. The van der Waals surface area contributed by atoms with Crippen molar-refractivity contribution in [3.05, 3.63) is 30.1 Å². The second kappa shape index (κ2) is 8.39. The van der Waals surface area contributed by atoms with Crippen LogP contribution in [0.1, 0.15) is 33.6 Å². The Morgan fingerprint density at radius 3 is 2.76 bits per heavy atom. The summed E-state index contributed by atoms with van der Waals surface area (Å²) in [5.41, 5.74) is -0.675. The van der Waals surface area contributed by atoms with Gasteiger partial charge in [-0.15, -0.1) is 11.8 Å². The Morgan fingerprint density at radius 1 is 1.48 bits per heavy atom. The quantitative estimate of drug-likeness (QED) is 0.452. The van der Waals surface area contributed by atoms with Crippen LogP contribution in [-0.4, -0.2) is 30.4 Å². The van der Waals surface area contributed by atoms with Crippen LogP contribution in [0.2, 0.25) is 0 Å². The first-order valence-electron chi connectivity index (χ1n) is 7.12. The van der Waals surface area contributed by atoms with E-state index >= 15 is 0 Å². The van der Waals surface area contributed by atoms with Gasteiger partial charge in [-0.3, -0.25) is 10.1 Å². The summed E-state index contributed by atoms with van der Waals surface area (Å²) in [4.78, 5) is 12.8. The van der Waals surface area contributed by atoms with Gasteiger partial charge in [0.2, 0.25) is 0 Å². The van der Waals surface area contributed by atoms with Gasteiger partial charge < -0.3 is 4.74 Å². The number of ether oxygens (including phenoxy) is 1. The number of halogens is 1. The van der Waals surface area contributed by atoms with E-state index in [0.29, 0.717) is 6.42 Å². The number of carbonyl (C=O) groups excluding carboxylic acids is 1. The van der Waals surface area contributed by atoms with E-state index in [1.165, 1.54) is 19.2 Å². The third-order valence-electron chi connectivity index (χ3n) is 3.13. The van der Waals surface area contributed by atoms with E-state index in [9.17, 15) is 9.18 Å². The van der Waals surface area contributed by atoms with Crippen molar-refractivity contribution in [3.8, 4) is 0 Å². The maximum absolute atomic E-state index is 13.1. The highest BCUT2D eigenvalue weighted by atomic mass is 32.2. The van der Waals surface area contributed by atoms with Gasteiger partial charge in [-0.05, 0) is 57.6 Å². The Morgan fingerprint density at radius 2 is 2.19 bits per heavy atom. The molecule has 118 valence electrons. The summed E-state index contributed by atoms with van der Waals surface area (Å²) in [6.45, 7) is 5.87. The number of esters is 1. The number of rotatable bonds is 8. The van der Waals surface area contributed by atoms with E-state index in [1.807, 2.05) is 26.8 Å². The van der Waals surface area contributed by atoms with Crippen molar-refractivity contribution in [1.82, 2.24) is 5.32 Å². The van der Waals surface area contributed by atoms with Gasteiger partial charge in [-0.1, -0.05) is 6.07 Å². The molecule has 0 aliphatic rings. The molecule has 0 spiro atoms. The summed E-state index contributed by atoms with van der Waals surface area (Å²) in [6.07, 6.45) is 1.52. The molecular weight excluding hydrogens is 289 g/mol. The zero-order chi connectivity index (χ0) is 15.9. The van der Waals surface area contributed by atoms with Gasteiger partial charge in [0.1, 0.15) is 11.4 Å². The summed E-state index contributed by atoms with van der Waals surface area (Å²) < 4.78 is 18.0. The topological polar surface area (TPSA) is 38.3 Å². The number of hydrogen-bond acceptors (Lipinski definition) is 4. The molecule has 0 aliphatic carbocycles. The number of thioether (sulfide) groups is 1. The second-order valence-electron chi connectivity index (χ2n) is 5.53. The minimum absolute atomic E-state index is 0.199. The van der Waals surface area contributed by atoms with Crippen LogP contribution in [0.4, 0.5) is 4.39 Å². The summed E-state index contributed by atoms with van der Waals surface area (Å²) in [5, 5.41) is 3.27. The van der Waals surface area contributed by atoms with E-state index in [-0.39, 0.29) is 17.8 Å². The van der Waals surface area contributed by atoms with Crippen molar-refractivity contribution in [3.63, 3.8) is 0 Å². The van der Waals surface area contributed by atoms with Crippen LogP contribution in [0.5, 0.6) is 0 Å². The zero-order valence-electron chi connectivity index (χ0n) is 13.1.